The van der Waals surface area contributed by atoms with Gasteiger partial charge in [0.1, 0.15) is 0 Å². The summed E-state index contributed by atoms with van der Waals surface area (Å²) < 4.78 is 34.1. The number of sulfone groups is 1. The molecule has 32 heavy (non-hydrogen) atoms. The Morgan fingerprint density at radius 1 is 1.00 bits per heavy atom. The lowest BCUT2D eigenvalue weighted by atomic mass is 10.1. The van der Waals surface area contributed by atoms with E-state index in [0.29, 0.717) is 23.9 Å². The first-order chi connectivity index (χ1) is 15.5. The fourth-order valence-electron chi connectivity index (χ4n) is 3.96. The Hall–Kier alpha value is -3.23. The lowest BCUT2D eigenvalue weighted by molar-refractivity contribution is 0.122. The maximum absolute atomic E-state index is 13.4. The number of hydrogen-bond acceptors (Lipinski definition) is 6. The zero-order valence-electron chi connectivity index (χ0n) is 17.8. The van der Waals surface area contributed by atoms with Crippen molar-refractivity contribution in [2.75, 3.05) is 31.2 Å². The van der Waals surface area contributed by atoms with Crippen LogP contribution in [-0.4, -0.2) is 49.1 Å². The van der Waals surface area contributed by atoms with Crippen molar-refractivity contribution in [3.05, 3.63) is 78.4 Å². The summed E-state index contributed by atoms with van der Waals surface area (Å²) in [6, 6.07) is 14.8. The minimum atomic E-state index is -3.54. The minimum absolute atomic E-state index is 0.0438. The molecule has 1 aliphatic rings. The van der Waals surface area contributed by atoms with Crippen molar-refractivity contribution in [3.8, 4) is 11.1 Å². The summed E-state index contributed by atoms with van der Waals surface area (Å²) in [5, 5.41) is 0. The fraction of sp³-hybridized carbons (Fsp3) is 0.250. The molecule has 4 aromatic rings. The van der Waals surface area contributed by atoms with Crippen LogP contribution in [0, 0.1) is 6.92 Å². The van der Waals surface area contributed by atoms with Gasteiger partial charge in [-0.3, -0.25) is 4.40 Å². The zero-order chi connectivity index (χ0) is 22.1. The normalized spacial score (nSPS) is 14.7. The molecular weight excluding hydrogens is 424 g/mol. The van der Waals surface area contributed by atoms with Gasteiger partial charge in [0.25, 0.3) is 0 Å². The van der Waals surface area contributed by atoms with Crippen molar-refractivity contribution in [2.24, 2.45) is 0 Å². The van der Waals surface area contributed by atoms with E-state index in [4.69, 9.17) is 4.74 Å². The number of aryl methyl sites for hydroxylation is 1. The van der Waals surface area contributed by atoms with Gasteiger partial charge in [0.15, 0.2) is 9.84 Å². The Bertz CT molecular complexity index is 1360. The Morgan fingerprint density at radius 2 is 1.78 bits per heavy atom. The molecule has 0 aliphatic carbocycles. The first kappa shape index (κ1) is 20.7. The highest BCUT2D eigenvalue weighted by Gasteiger charge is 2.21. The monoisotopic (exact) mass is 448 g/mol. The van der Waals surface area contributed by atoms with Gasteiger partial charge in [-0.1, -0.05) is 30.3 Å². The number of benzene rings is 2. The van der Waals surface area contributed by atoms with Crippen LogP contribution in [0.5, 0.6) is 0 Å². The van der Waals surface area contributed by atoms with E-state index in [1.54, 1.807) is 18.3 Å². The second-order valence-corrected chi connectivity index (χ2v) is 9.98. The van der Waals surface area contributed by atoms with Crippen LogP contribution in [-0.2, 0) is 20.3 Å². The summed E-state index contributed by atoms with van der Waals surface area (Å²) in [5.41, 5.74) is 4.16. The first-order valence-electron chi connectivity index (χ1n) is 10.5. The van der Waals surface area contributed by atoms with Gasteiger partial charge < -0.3 is 9.64 Å². The van der Waals surface area contributed by atoms with Crippen LogP contribution in [0.15, 0.2) is 72.0 Å². The molecule has 2 aromatic heterocycles. The molecule has 0 bridgehead atoms. The summed E-state index contributed by atoms with van der Waals surface area (Å²) in [4.78, 5) is 11.3. The molecule has 0 radical (unpaired) electrons. The standard InChI is InChI=1S/C24H24N4O3S/c1-18-15-28-16-21(14-25-24(28)26-18)20-11-22(27-7-9-31-10-8-27)13-23(12-20)32(29,30)17-19-5-3-2-4-6-19/h2-6,11-16H,7-10,17H2,1H3. The molecule has 0 spiro atoms. The number of hydrogen-bond donors (Lipinski definition) is 0. The van der Waals surface area contributed by atoms with E-state index in [1.807, 2.05) is 60.1 Å². The number of nitrogens with zero attached hydrogens (tertiary/aromatic N) is 4. The highest BCUT2D eigenvalue weighted by molar-refractivity contribution is 7.90. The quantitative estimate of drug-likeness (QED) is 0.465. The molecule has 1 saturated heterocycles. The van der Waals surface area contributed by atoms with Crippen LogP contribution in [0.1, 0.15) is 11.3 Å². The van der Waals surface area contributed by atoms with Crippen molar-refractivity contribution < 1.29 is 13.2 Å². The summed E-state index contributed by atoms with van der Waals surface area (Å²) in [7, 11) is -3.54. The predicted molar refractivity (Wildman–Crippen MR) is 124 cm³/mol. The van der Waals surface area contributed by atoms with Crippen molar-refractivity contribution >= 4 is 21.3 Å². The Kier molecular flexibility index (Phi) is 5.40. The lowest BCUT2D eigenvalue weighted by Crippen LogP contribution is -2.36. The van der Waals surface area contributed by atoms with Crippen LogP contribution >= 0.6 is 0 Å². The van der Waals surface area contributed by atoms with Crippen molar-refractivity contribution in [2.45, 2.75) is 17.6 Å². The maximum atomic E-state index is 13.4. The third-order valence-electron chi connectivity index (χ3n) is 5.59. The molecule has 5 rings (SSSR count). The Labute approximate surface area is 187 Å². The van der Waals surface area contributed by atoms with Crippen molar-refractivity contribution in [3.63, 3.8) is 0 Å². The van der Waals surface area contributed by atoms with E-state index in [1.165, 1.54) is 0 Å². The van der Waals surface area contributed by atoms with E-state index < -0.39 is 9.84 Å². The van der Waals surface area contributed by atoms with Gasteiger partial charge in [-0.25, -0.2) is 18.4 Å². The average molecular weight is 449 g/mol. The molecule has 7 nitrogen and oxygen atoms in total. The van der Waals surface area contributed by atoms with Gasteiger partial charge in [-0.05, 0) is 36.2 Å². The lowest BCUT2D eigenvalue weighted by Gasteiger charge is -2.29. The number of rotatable bonds is 5. The van der Waals surface area contributed by atoms with Crippen molar-refractivity contribution in [1.29, 1.82) is 0 Å². The molecule has 0 amide bonds. The van der Waals surface area contributed by atoms with Gasteiger partial charge in [0.2, 0.25) is 5.78 Å². The molecule has 0 N–H and O–H groups in total. The average Bonchev–Trinajstić information content (AvgIpc) is 3.19. The van der Waals surface area contributed by atoms with Gasteiger partial charge in [0, 0.05) is 42.9 Å². The van der Waals surface area contributed by atoms with E-state index in [9.17, 15) is 8.42 Å². The number of imidazole rings is 1. The zero-order valence-corrected chi connectivity index (χ0v) is 18.6. The molecule has 0 atom stereocenters. The topological polar surface area (TPSA) is 76.8 Å². The van der Waals surface area contributed by atoms with E-state index >= 15 is 0 Å². The molecule has 164 valence electrons. The molecule has 2 aromatic carbocycles. The fourth-order valence-corrected chi connectivity index (χ4v) is 5.37. The first-order valence-corrected chi connectivity index (χ1v) is 12.2. The molecule has 1 fully saturated rings. The van der Waals surface area contributed by atoms with E-state index in [2.05, 4.69) is 14.9 Å². The van der Waals surface area contributed by atoms with Gasteiger partial charge in [-0.15, -0.1) is 0 Å². The van der Waals surface area contributed by atoms with E-state index in [-0.39, 0.29) is 5.75 Å². The number of ether oxygens (including phenoxy) is 1. The molecule has 1 aliphatic heterocycles. The summed E-state index contributed by atoms with van der Waals surface area (Å²) in [5.74, 6) is 0.574. The van der Waals surface area contributed by atoms with Gasteiger partial charge in [0.05, 0.1) is 29.6 Å². The molecule has 0 saturated carbocycles. The minimum Gasteiger partial charge on any atom is -0.378 e. The predicted octanol–water partition coefficient (Wildman–Crippen LogP) is 3.52. The number of fused-ring (bicyclic) bond motifs is 1. The summed E-state index contributed by atoms with van der Waals surface area (Å²) >= 11 is 0. The number of anilines is 1. The second-order valence-electron chi connectivity index (χ2n) is 7.99. The second kappa shape index (κ2) is 8.37. The molecule has 3 heterocycles. The van der Waals surface area contributed by atoms with E-state index in [0.717, 1.165) is 41.2 Å². The van der Waals surface area contributed by atoms with Crippen LogP contribution < -0.4 is 4.90 Å². The van der Waals surface area contributed by atoms with Crippen molar-refractivity contribution in [1.82, 2.24) is 14.4 Å². The maximum Gasteiger partial charge on any atom is 0.233 e. The number of morpholine rings is 1. The molecule has 0 unspecified atom stereocenters. The smallest absolute Gasteiger partial charge is 0.233 e. The third-order valence-corrected chi connectivity index (χ3v) is 7.26. The number of aromatic nitrogens is 3. The van der Waals surface area contributed by atoms with Gasteiger partial charge in [-0.2, -0.15) is 0 Å². The molecular formula is C24H24N4O3S. The summed E-state index contributed by atoms with van der Waals surface area (Å²) in [6.45, 7) is 4.61. The van der Waals surface area contributed by atoms with Crippen LogP contribution in [0.25, 0.3) is 16.9 Å². The largest absolute Gasteiger partial charge is 0.378 e. The summed E-state index contributed by atoms with van der Waals surface area (Å²) in [6.07, 6.45) is 5.59. The third kappa shape index (κ3) is 4.24. The van der Waals surface area contributed by atoms with Crippen LogP contribution in [0.3, 0.4) is 0 Å². The highest BCUT2D eigenvalue weighted by atomic mass is 32.2. The van der Waals surface area contributed by atoms with Crippen LogP contribution in [0.4, 0.5) is 5.69 Å². The Balaban J connectivity index is 1.60. The highest BCUT2D eigenvalue weighted by Crippen LogP contribution is 2.31. The van der Waals surface area contributed by atoms with Gasteiger partial charge >= 0.3 is 0 Å². The molecule has 8 heteroatoms. The van der Waals surface area contributed by atoms with Crippen LogP contribution in [0.2, 0.25) is 0 Å². The SMILES string of the molecule is Cc1cn2cc(-c3cc(N4CCOCC4)cc(S(=O)(=O)Cc4ccccc4)c3)cnc2n1. The Morgan fingerprint density at radius 3 is 2.56 bits per heavy atom.